The number of aromatic nitrogens is 3. The van der Waals surface area contributed by atoms with E-state index in [1.54, 1.807) is 23.8 Å². The van der Waals surface area contributed by atoms with Crippen LogP contribution in [0.2, 0.25) is 0 Å². The van der Waals surface area contributed by atoms with Crippen LogP contribution in [0.1, 0.15) is 18.5 Å². The lowest BCUT2D eigenvalue weighted by Gasteiger charge is -2.30. The van der Waals surface area contributed by atoms with Gasteiger partial charge in [0.05, 0.1) is 11.6 Å². The predicted molar refractivity (Wildman–Crippen MR) is 119 cm³/mol. The molecular weight excluding hydrogens is 414 g/mol. The first-order chi connectivity index (χ1) is 15.1. The fourth-order valence-electron chi connectivity index (χ4n) is 3.52. The van der Waals surface area contributed by atoms with Crippen molar-refractivity contribution in [3.8, 4) is 10.6 Å². The molecule has 31 heavy (non-hydrogen) atoms. The Bertz CT molecular complexity index is 1060. The minimum Gasteiger partial charge on any atom is -0.369 e. The summed E-state index contributed by atoms with van der Waals surface area (Å²) in [4.78, 5) is 39.0. The van der Waals surface area contributed by atoms with Gasteiger partial charge in [0, 0.05) is 36.4 Å². The number of pyridine rings is 2. The summed E-state index contributed by atoms with van der Waals surface area (Å²) in [6, 6.07) is 8.80. The molecule has 4 heterocycles. The molecule has 3 amide bonds. The van der Waals surface area contributed by atoms with Crippen LogP contribution in [0.25, 0.3) is 10.6 Å². The van der Waals surface area contributed by atoms with Gasteiger partial charge >= 0.3 is 6.03 Å². The monoisotopic (exact) mass is 437 g/mol. The van der Waals surface area contributed by atoms with Gasteiger partial charge in [-0.25, -0.2) is 14.8 Å². The van der Waals surface area contributed by atoms with Gasteiger partial charge in [0.15, 0.2) is 0 Å². The van der Waals surface area contributed by atoms with E-state index < -0.39 is 6.03 Å². The van der Waals surface area contributed by atoms with Crippen LogP contribution in [0.4, 0.5) is 16.4 Å². The number of urea groups is 1. The van der Waals surface area contributed by atoms with Gasteiger partial charge in [0.25, 0.3) is 0 Å². The number of amides is 3. The first-order valence-electron chi connectivity index (χ1n) is 9.98. The Morgan fingerprint density at radius 1 is 1.13 bits per heavy atom. The lowest BCUT2D eigenvalue weighted by molar-refractivity contribution is -0.123. The summed E-state index contributed by atoms with van der Waals surface area (Å²) in [5, 5.41) is 8.06. The smallest absolute Gasteiger partial charge is 0.326 e. The number of nitrogens with zero attached hydrogens (tertiary/aromatic N) is 4. The number of carbonyl (C=O) groups is 2. The first-order valence-corrected chi connectivity index (χ1v) is 10.9. The predicted octanol–water partition coefficient (Wildman–Crippen LogP) is 2.94. The summed E-state index contributed by atoms with van der Waals surface area (Å²) < 4.78 is 0. The van der Waals surface area contributed by atoms with Gasteiger partial charge in [-0.1, -0.05) is 6.07 Å². The second-order valence-corrected chi connectivity index (χ2v) is 8.20. The first kappa shape index (κ1) is 20.9. The van der Waals surface area contributed by atoms with Crippen molar-refractivity contribution in [2.45, 2.75) is 19.4 Å². The third-order valence-electron chi connectivity index (χ3n) is 5.01. The Morgan fingerprint density at radius 3 is 2.74 bits per heavy atom. The molecule has 3 aromatic heterocycles. The molecule has 0 saturated carbocycles. The number of carbonyl (C=O) groups excluding carboxylic acids is 2. The van der Waals surface area contributed by atoms with Crippen molar-refractivity contribution in [1.82, 2.24) is 19.9 Å². The number of anilines is 2. The Balaban J connectivity index is 1.34. The van der Waals surface area contributed by atoms with Crippen LogP contribution in [0, 0.1) is 5.92 Å². The van der Waals surface area contributed by atoms with Gasteiger partial charge < -0.3 is 5.73 Å². The number of hydrogen-bond acceptors (Lipinski definition) is 7. The van der Waals surface area contributed by atoms with E-state index in [9.17, 15) is 9.59 Å². The lowest BCUT2D eigenvalue weighted by atomic mass is 9.97. The van der Waals surface area contributed by atoms with Crippen molar-refractivity contribution in [3.05, 3.63) is 53.8 Å². The highest BCUT2D eigenvalue weighted by atomic mass is 32.1. The van der Waals surface area contributed by atoms with E-state index in [-0.39, 0.29) is 11.8 Å². The number of piperidine rings is 1. The molecule has 1 aliphatic rings. The standard InChI is InChI=1S/C21H23N7O2S/c22-19(29)15-3-2-10-28(11-15)12-16-4-1-5-17(24-16)26-21(30)27-18-13-31-20(25-18)14-6-8-23-9-7-14/h1,4-9,13,15H,2-3,10-12H2,(H2,22,29)(H2,24,26,27,30). The van der Waals surface area contributed by atoms with Gasteiger partial charge in [0.1, 0.15) is 16.6 Å². The van der Waals surface area contributed by atoms with Crippen molar-refractivity contribution < 1.29 is 9.59 Å². The quantitative estimate of drug-likeness (QED) is 0.544. The van der Waals surface area contributed by atoms with Crippen LogP contribution in [-0.4, -0.2) is 44.9 Å². The molecule has 1 saturated heterocycles. The van der Waals surface area contributed by atoms with Crippen molar-refractivity contribution in [3.63, 3.8) is 0 Å². The van der Waals surface area contributed by atoms with Crippen molar-refractivity contribution >= 4 is 34.9 Å². The van der Waals surface area contributed by atoms with Gasteiger partial charge in [-0.3, -0.25) is 25.3 Å². The van der Waals surface area contributed by atoms with Gasteiger partial charge in [-0.15, -0.1) is 11.3 Å². The Hall–Kier alpha value is -3.37. The summed E-state index contributed by atoms with van der Waals surface area (Å²) >= 11 is 1.44. The van der Waals surface area contributed by atoms with Crippen LogP contribution in [-0.2, 0) is 11.3 Å². The molecule has 9 nitrogen and oxygen atoms in total. The zero-order chi connectivity index (χ0) is 21.6. The van der Waals surface area contributed by atoms with Crippen LogP contribution >= 0.6 is 11.3 Å². The number of rotatable bonds is 6. The molecular formula is C21H23N7O2S. The molecule has 4 rings (SSSR count). The maximum atomic E-state index is 12.4. The second-order valence-electron chi connectivity index (χ2n) is 7.34. The molecule has 1 aliphatic heterocycles. The molecule has 0 aromatic carbocycles. The van der Waals surface area contributed by atoms with Gasteiger partial charge in [-0.05, 0) is 43.7 Å². The molecule has 0 radical (unpaired) electrons. The summed E-state index contributed by atoms with van der Waals surface area (Å²) in [5.74, 6) is 0.550. The number of likely N-dealkylation sites (tertiary alicyclic amines) is 1. The summed E-state index contributed by atoms with van der Waals surface area (Å²) in [5.41, 5.74) is 7.22. The third-order valence-corrected chi connectivity index (χ3v) is 5.91. The number of thiazole rings is 1. The second kappa shape index (κ2) is 9.63. The molecule has 1 fully saturated rings. The topological polar surface area (TPSA) is 126 Å². The van der Waals surface area contributed by atoms with Crippen LogP contribution in [0.3, 0.4) is 0 Å². The minimum absolute atomic E-state index is 0.115. The molecule has 0 spiro atoms. The van der Waals surface area contributed by atoms with E-state index in [1.165, 1.54) is 11.3 Å². The lowest BCUT2D eigenvalue weighted by Crippen LogP contribution is -2.40. The Morgan fingerprint density at radius 2 is 1.94 bits per heavy atom. The fourth-order valence-corrected chi connectivity index (χ4v) is 4.28. The fraction of sp³-hybridized carbons (Fsp3) is 0.286. The maximum absolute atomic E-state index is 12.4. The summed E-state index contributed by atoms with van der Waals surface area (Å²) in [6.45, 7) is 2.13. The number of hydrogen-bond donors (Lipinski definition) is 3. The average Bonchev–Trinajstić information content (AvgIpc) is 3.23. The van der Waals surface area contributed by atoms with Crippen molar-refractivity contribution in [1.29, 1.82) is 0 Å². The van der Waals surface area contributed by atoms with E-state index in [0.717, 1.165) is 35.7 Å². The van der Waals surface area contributed by atoms with E-state index in [2.05, 4.69) is 30.5 Å². The molecule has 1 atom stereocenters. The minimum atomic E-state index is -0.414. The molecule has 1 unspecified atom stereocenters. The third kappa shape index (κ3) is 5.62. The number of nitrogens with one attached hydrogen (secondary N) is 2. The van der Waals surface area contributed by atoms with E-state index in [1.807, 2.05) is 24.3 Å². The van der Waals surface area contributed by atoms with Crippen LogP contribution in [0.15, 0.2) is 48.1 Å². The zero-order valence-electron chi connectivity index (χ0n) is 16.8. The molecule has 0 aliphatic carbocycles. The van der Waals surface area contributed by atoms with Crippen molar-refractivity contribution in [2.75, 3.05) is 23.7 Å². The Kier molecular flexibility index (Phi) is 6.48. The van der Waals surface area contributed by atoms with E-state index in [4.69, 9.17) is 5.73 Å². The van der Waals surface area contributed by atoms with Gasteiger partial charge in [0.2, 0.25) is 5.91 Å². The molecule has 10 heteroatoms. The van der Waals surface area contributed by atoms with Gasteiger partial charge in [-0.2, -0.15) is 0 Å². The van der Waals surface area contributed by atoms with Crippen LogP contribution < -0.4 is 16.4 Å². The number of primary amides is 1. The highest BCUT2D eigenvalue weighted by Gasteiger charge is 2.24. The van der Waals surface area contributed by atoms with Crippen molar-refractivity contribution in [2.24, 2.45) is 11.7 Å². The van der Waals surface area contributed by atoms with Crippen LogP contribution in [0.5, 0.6) is 0 Å². The maximum Gasteiger partial charge on any atom is 0.326 e. The average molecular weight is 438 g/mol. The summed E-state index contributed by atoms with van der Waals surface area (Å²) in [6.07, 6.45) is 5.17. The Labute approximate surface area is 183 Å². The molecule has 0 bridgehead atoms. The van der Waals surface area contributed by atoms with E-state index in [0.29, 0.717) is 24.7 Å². The summed E-state index contributed by atoms with van der Waals surface area (Å²) in [7, 11) is 0. The highest BCUT2D eigenvalue weighted by Crippen LogP contribution is 2.25. The molecule has 3 aromatic rings. The SMILES string of the molecule is NC(=O)C1CCCN(Cc2cccc(NC(=O)Nc3csc(-c4ccncc4)n3)n2)C1. The molecule has 4 N–H and O–H groups in total. The van der Waals surface area contributed by atoms with E-state index >= 15 is 0 Å². The normalized spacial score (nSPS) is 16.6. The number of nitrogens with two attached hydrogens (primary N) is 1. The largest absolute Gasteiger partial charge is 0.369 e. The zero-order valence-corrected chi connectivity index (χ0v) is 17.6. The highest BCUT2D eigenvalue weighted by molar-refractivity contribution is 7.13. The molecule has 160 valence electrons.